The number of nitrogens with one attached hydrogen (secondary N) is 1. The summed E-state index contributed by atoms with van der Waals surface area (Å²) in [5, 5.41) is 18.9. The maximum Gasteiger partial charge on any atom is 0.270 e. The van der Waals surface area contributed by atoms with Crippen molar-refractivity contribution in [1.29, 1.82) is 0 Å². The quantitative estimate of drug-likeness (QED) is 0.660. The highest BCUT2D eigenvalue weighted by Gasteiger charge is 2.28. The van der Waals surface area contributed by atoms with Crippen LogP contribution in [0, 0.1) is 17.0 Å². The van der Waals surface area contributed by atoms with Gasteiger partial charge in [-0.25, -0.2) is 0 Å². The zero-order valence-corrected chi connectivity index (χ0v) is 14.4. The van der Waals surface area contributed by atoms with Gasteiger partial charge < -0.3 is 5.32 Å². The highest BCUT2D eigenvalue weighted by Crippen LogP contribution is 2.29. The summed E-state index contributed by atoms with van der Waals surface area (Å²) in [5.74, 6) is -0.784. The Hall–Kier alpha value is -3.26. The van der Waals surface area contributed by atoms with Crippen molar-refractivity contribution in [1.82, 2.24) is 5.32 Å². The molecular weight excluding hydrogens is 360 g/mol. The molecule has 1 heterocycles. The van der Waals surface area contributed by atoms with Crippen molar-refractivity contribution in [3.63, 3.8) is 0 Å². The predicted octanol–water partition coefficient (Wildman–Crippen LogP) is 3.04. The number of carbonyl (C=O) groups is 2. The predicted molar refractivity (Wildman–Crippen MR) is 96.3 cm³/mol. The van der Waals surface area contributed by atoms with E-state index in [-0.39, 0.29) is 29.4 Å². The fourth-order valence-corrected chi connectivity index (χ4v) is 2.63. The number of nitro benzene ring substituents is 1. The highest BCUT2D eigenvalue weighted by atomic mass is 35.5. The Morgan fingerprint density at radius 2 is 2.08 bits per heavy atom. The van der Waals surface area contributed by atoms with Crippen LogP contribution in [0.15, 0.2) is 47.6 Å². The fourth-order valence-electron chi connectivity index (χ4n) is 2.44. The van der Waals surface area contributed by atoms with Crippen LogP contribution in [0.1, 0.15) is 22.3 Å². The second-order valence-corrected chi connectivity index (χ2v) is 6.05. The molecule has 0 saturated heterocycles. The Bertz CT molecular complexity index is 958. The molecule has 0 fully saturated rings. The van der Waals surface area contributed by atoms with Gasteiger partial charge in [0.2, 0.25) is 0 Å². The lowest BCUT2D eigenvalue weighted by molar-refractivity contribution is -0.384. The molecule has 0 radical (unpaired) electrons. The number of hydrazone groups is 1. The molecule has 26 heavy (non-hydrogen) atoms. The maximum absolute atomic E-state index is 12.3. The van der Waals surface area contributed by atoms with Gasteiger partial charge in [-0.2, -0.15) is 10.1 Å². The van der Waals surface area contributed by atoms with Crippen molar-refractivity contribution < 1.29 is 14.5 Å². The van der Waals surface area contributed by atoms with Gasteiger partial charge in [-0.15, -0.1) is 0 Å². The number of non-ortho nitro benzene ring substituents is 1. The number of halogens is 1. The number of nitro groups is 1. The van der Waals surface area contributed by atoms with Gasteiger partial charge in [0, 0.05) is 17.7 Å². The number of amidine groups is 1. The number of rotatable bonds is 3. The number of anilines is 1. The molecule has 9 heteroatoms. The van der Waals surface area contributed by atoms with Gasteiger partial charge in [0.05, 0.1) is 22.1 Å². The smallest absolute Gasteiger partial charge is 0.270 e. The Morgan fingerprint density at radius 1 is 1.31 bits per heavy atom. The number of amides is 2. The zero-order chi connectivity index (χ0) is 18.8. The normalized spacial score (nSPS) is 13.5. The lowest BCUT2D eigenvalue weighted by Gasteiger charge is -2.13. The molecule has 2 aromatic carbocycles. The number of hydrogen-bond donors (Lipinski definition) is 1. The third-order valence-corrected chi connectivity index (χ3v) is 4.00. The minimum Gasteiger partial charge on any atom is -0.308 e. The molecule has 0 bridgehead atoms. The molecule has 8 nitrogen and oxygen atoms in total. The van der Waals surface area contributed by atoms with E-state index in [1.54, 1.807) is 18.2 Å². The summed E-state index contributed by atoms with van der Waals surface area (Å²) in [6, 6.07) is 10.5. The summed E-state index contributed by atoms with van der Waals surface area (Å²) in [6.45, 7) is 1.86. The average Bonchev–Trinajstić information content (AvgIpc) is 2.97. The molecule has 132 valence electrons. The van der Waals surface area contributed by atoms with Crippen molar-refractivity contribution in [3.05, 3.63) is 68.7 Å². The Labute approximate surface area is 153 Å². The summed E-state index contributed by atoms with van der Waals surface area (Å²) in [5.41, 5.74) is 1.23. The van der Waals surface area contributed by atoms with Crippen molar-refractivity contribution in [2.75, 3.05) is 5.01 Å². The largest absolute Gasteiger partial charge is 0.308 e. The molecule has 0 saturated carbocycles. The number of nitrogens with zero attached hydrogens (tertiary/aromatic N) is 3. The fraction of sp³-hybridized carbons (Fsp3) is 0.118. The lowest BCUT2D eigenvalue weighted by atomic mass is 10.2. The van der Waals surface area contributed by atoms with Gasteiger partial charge in [0.25, 0.3) is 17.5 Å². The minimum absolute atomic E-state index is 0.0985. The molecule has 2 aromatic rings. The van der Waals surface area contributed by atoms with Crippen LogP contribution in [0.25, 0.3) is 0 Å². The summed E-state index contributed by atoms with van der Waals surface area (Å²) in [7, 11) is 0. The molecule has 0 atom stereocenters. The Morgan fingerprint density at radius 3 is 2.81 bits per heavy atom. The van der Waals surface area contributed by atoms with Crippen LogP contribution < -0.4 is 10.3 Å². The van der Waals surface area contributed by atoms with Gasteiger partial charge >= 0.3 is 0 Å². The van der Waals surface area contributed by atoms with Gasteiger partial charge in [-0.05, 0) is 30.7 Å². The second-order valence-electron chi connectivity index (χ2n) is 5.65. The maximum atomic E-state index is 12.3. The first-order valence-corrected chi connectivity index (χ1v) is 7.95. The van der Waals surface area contributed by atoms with Crippen molar-refractivity contribution >= 4 is 40.6 Å². The van der Waals surface area contributed by atoms with E-state index in [2.05, 4.69) is 10.4 Å². The molecule has 1 N–H and O–H groups in total. The third-order valence-electron chi connectivity index (χ3n) is 3.68. The van der Waals surface area contributed by atoms with Crippen LogP contribution in [-0.4, -0.2) is 22.6 Å². The number of benzene rings is 2. The molecule has 0 spiro atoms. The SMILES string of the molecule is Cc1ccc(Cl)c(N2N=C(NC(=O)c3cccc([N+](=O)[O-])c3)CC2=O)c1. The summed E-state index contributed by atoms with van der Waals surface area (Å²) in [4.78, 5) is 34.7. The van der Waals surface area contributed by atoms with Crippen molar-refractivity contribution in [2.24, 2.45) is 5.10 Å². The molecule has 0 unspecified atom stereocenters. The molecule has 0 aromatic heterocycles. The van der Waals surface area contributed by atoms with Crippen LogP contribution in [-0.2, 0) is 4.79 Å². The first kappa shape index (κ1) is 17.6. The summed E-state index contributed by atoms with van der Waals surface area (Å²) in [6.07, 6.45) is -0.106. The van der Waals surface area contributed by atoms with E-state index in [4.69, 9.17) is 11.6 Å². The van der Waals surface area contributed by atoms with Gasteiger partial charge in [0.1, 0.15) is 5.84 Å². The highest BCUT2D eigenvalue weighted by molar-refractivity contribution is 6.34. The topological polar surface area (TPSA) is 105 Å². The molecule has 1 aliphatic heterocycles. The van der Waals surface area contributed by atoms with E-state index in [1.807, 2.05) is 6.92 Å². The van der Waals surface area contributed by atoms with Crippen LogP contribution in [0.3, 0.4) is 0 Å². The zero-order valence-electron chi connectivity index (χ0n) is 13.6. The van der Waals surface area contributed by atoms with Crippen molar-refractivity contribution in [2.45, 2.75) is 13.3 Å². The van der Waals surface area contributed by atoms with E-state index in [1.165, 1.54) is 18.2 Å². The van der Waals surface area contributed by atoms with Gasteiger partial charge in [-0.3, -0.25) is 19.7 Å². The third kappa shape index (κ3) is 3.55. The first-order chi connectivity index (χ1) is 12.3. The van der Waals surface area contributed by atoms with Crippen LogP contribution in [0.4, 0.5) is 11.4 Å². The first-order valence-electron chi connectivity index (χ1n) is 7.57. The Balaban J connectivity index is 1.81. The van der Waals surface area contributed by atoms with Crippen LogP contribution in [0.5, 0.6) is 0 Å². The second kappa shape index (κ2) is 6.93. The number of carbonyl (C=O) groups excluding carboxylic acids is 2. The monoisotopic (exact) mass is 372 g/mol. The van der Waals surface area contributed by atoms with Gasteiger partial charge in [0.15, 0.2) is 0 Å². The minimum atomic E-state index is -0.588. The van der Waals surface area contributed by atoms with Crippen molar-refractivity contribution in [3.8, 4) is 0 Å². The van der Waals surface area contributed by atoms with E-state index in [9.17, 15) is 19.7 Å². The lowest BCUT2D eigenvalue weighted by Crippen LogP contribution is -2.29. The summed E-state index contributed by atoms with van der Waals surface area (Å²) >= 11 is 6.12. The average molecular weight is 373 g/mol. The molecule has 0 aliphatic carbocycles. The van der Waals surface area contributed by atoms with E-state index >= 15 is 0 Å². The molecule has 2 amide bonds. The molecular formula is C17H13ClN4O4. The summed E-state index contributed by atoms with van der Waals surface area (Å²) < 4.78 is 0. The van der Waals surface area contributed by atoms with Gasteiger partial charge in [-0.1, -0.05) is 23.7 Å². The molecule has 3 rings (SSSR count). The van der Waals surface area contributed by atoms with E-state index in [0.717, 1.165) is 16.6 Å². The molecule has 1 aliphatic rings. The van der Waals surface area contributed by atoms with E-state index < -0.39 is 10.8 Å². The van der Waals surface area contributed by atoms with E-state index in [0.29, 0.717) is 10.7 Å². The van der Waals surface area contributed by atoms with Crippen LogP contribution in [0.2, 0.25) is 5.02 Å². The van der Waals surface area contributed by atoms with Crippen LogP contribution >= 0.6 is 11.6 Å². The number of hydrogen-bond acceptors (Lipinski definition) is 5. The number of aryl methyl sites for hydroxylation is 1. The Kier molecular flexibility index (Phi) is 4.68. The standard InChI is InChI=1S/C17H13ClN4O4/c1-10-5-6-13(18)14(7-10)21-16(23)9-15(20-21)19-17(24)11-3-2-4-12(8-11)22(25)26/h2-8H,9H2,1H3,(H,19,20,24).